The summed E-state index contributed by atoms with van der Waals surface area (Å²) in [5.41, 5.74) is 1.55. The number of piperazine rings is 1. The van der Waals surface area contributed by atoms with E-state index in [0.29, 0.717) is 24.7 Å². The standard InChI is InChI=1S/C20H18F3N5O/c21-20(22,23)12-17(29)27-8-10-28(11-9-27)19-15-5-1-2-6-16(15)25-18(26-19)14-4-3-7-24-13-14/h1-7,13H,8-12H2. The third-order valence-electron chi connectivity index (χ3n) is 4.79. The van der Waals surface area contributed by atoms with E-state index in [1.807, 2.05) is 35.2 Å². The topological polar surface area (TPSA) is 62.2 Å². The Hall–Kier alpha value is -3.23. The van der Waals surface area contributed by atoms with Gasteiger partial charge in [0.1, 0.15) is 12.2 Å². The number of hydrogen-bond acceptors (Lipinski definition) is 5. The van der Waals surface area contributed by atoms with Crippen LogP contribution in [0.2, 0.25) is 0 Å². The van der Waals surface area contributed by atoms with Crippen LogP contribution in [0.15, 0.2) is 48.8 Å². The number of amides is 1. The Morgan fingerprint density at radius 3 is 2.45 bits per heavy atom. The molecule has 1 fully saturated rings. The molecule has 0 atom stereocenters. The molecule has 1 aromatic carbocycles. The van der Waals surface area contributed by atoms with Crippen molar-refractivity contribution in [3.63, 3.8) is 0 Å². The molecule has 29 heavy (non-hydrogen) atoms. The Kier molecular flexibility index (Phi) is 5.04. The number of hydrogen-bond donors (Lipinski definition) is 0. The number of anilines is 1. The van der Waals surface area contributed by atoms with Gasteiger partial charge in [0.05, 0.1) is 5.52 Å². The van der Waals surface area contributed by atoms with E-state index in [-0.39, 0.29) is 13.1 Å². The summed E-state index contributed by atoms with van der Waals surface area (Å²) in [4.78, 5) is 28.6. The van der Waals surface area contributed by atoms with E-state index < -0.39 is 18.5 Å². The SMILES string of the molecule is O=C(CC(F)(F)F)N1CCN(c2nc(-c3cccnc3)nc3ccccc23)CC1. The quantitative estimate of drug-likeness (QED) is 0.674. The van der Waals surface area contributed by atoms with Crippen molar-refractivity contribution in [2.24, 2.45) is 0 Å². The van der Waals surface area contributed by atoms with Gasteiger partial charge in [-0.25, -0.2) is 9.97 Å². The minimum atomic E-state index is -4.49. The first-order valence-corrected chi connectivity index (χ1v) is 9.17. The van der Waals surface area contributed by atoms with Gasteiger partial charge < -0.3 is 9.80 Å². The summed E-state index contributed by atoms with van der Waals surface area (Å²) in [6.07, 6.45) is -2.56. The van der Waals surface area contributed by atoms with Gasteiger partial charge in [-0.15, -0.1) is 0 Å². The van der Waals surface area contributed by atoms with Crippen LogP contribution < -0.4 is 4.90 Å². The predicted molar refractivity (Wildman–Crippen MR) is 102 cm³/mol. The van der Waals surface area contributed by atoms with E-state index in [1.54, 1.807) is 18.5 Å². The number of pyridine rings is 1. The Balaban J connectivity index is 1.60. The highest BCUT2D eigenvalue weighted by atomic mass is 19.4. The third-order valence-corrected chi connectivity index (χ3v) is 4.79. The van der Waals surface area contributed by atoms with E-state index in [9.17, 15) is 18.0 Å². The fourth-order valence-corrected chi connectivity index (χ4v) is 3.38. The van der Waals surface area contributed by atoms with Crippen LogP contribution in [-0.4, -0.2) is 58.1 Å². The van der Waals surface area contributed by atoms with E-state index in [0.717, 1.165) is 16.5 Å². The van der Waals surface area contributed by atoms with Gasteiger partial charge >= 0.3 is 6.18 Å². The predicted octanol–water partition coefficient (Wildman–Crippen LogP) is 3.29. The largest absolute Gasteiger partial charge is 0.397 e. The minimum absolute atomic E-state index is 0.218. The molecule has 0 aliphatic carbocycles. The maximum atomic E-state index is 12.5. The fourth-order valence-electron chi connectivity index (χ4n) is 3.38. The van der Waals surface area contributed by atoms with Crippen molar-refractivity contribution in [2.45, 2.75) is 12.6 Å². The summed E-state index contributed by atoms with van der Waals surface area (Å²) in [7, 11) is 0. The second-order valence-corrected chi connectivity index (χ2v) is 6.79. The van der Waals surface area contributed by atoms with Gasteiger partial charge in [-0.05, 0) is 24.3 Å². The number of benzene rings is 1. The highest BCUT2D eigenvalue weighted by molar-refractivity contribution is 5.91. The van der Waals surface area contributed by atoms with E-state index in [1.165, 1.54) is 4.90 Å². The normalized spacial score (nSPS) is 15.0. The number of carbonyl (C=O) groups excluding carboxylic acids is 1. The van der Waals surface area contributed by atoms with Crippen molar-refractivity contribution in [1.29, 1.82) is 0 Å². The van der Waals surface area contributed by atoms with Crippen LogP contribution >= 0.6 is 0 Å². The fraction of sp³-hybridized carbons (Fsp3) is 0.300. The molecule has 0 radical (unpaired) electrons. The number of rotatable bonds is 3. The number of carbonyl (C=O) groups is 1. The minimum Gasteiger partial charge on any atom is -0.352 e. The molecule has 0 spiro atoms. The highest BCUT2D eigenvalue weighted by Crippen LogP contribution is 2.28. The van der Waals surface area contributed by atoms with Crippen LogP contribution in [0.25, 0.3) is 22.3 Å². The van der Waals surface area contributed by atoms with Crippen molar-refractivity contribution in [1.82, 2.24) is 19.9 Å². The van der Waals surface area contributed by atoms with Gasteiger partial charge in [0, 0.05) is 49.5 Å². The monoisotopic (exact) mass is 401 g/mol. The summed E-state index contributed by atoms with van der Waals surface area (Å²) < 4.78 is 37.5. The Bertz CT molecular complexity index is 1020. The summed E-state index contributed by atoms with van der Waals surface area (Å²) in [5.74, 6) is 0.348. The smallest absolute Gasteiger partial charge is 0.352 e. The molecular formula is C20H18F3N5O. The molecule has 1 aliphatic heterocycles. The van der Waals surface area contributed by atoms with Gasteiger partial charge in [0.15, 0.2) is 5.82 Å². The van der Waals surface area contributed by atoms with Gasteiger partial charge in [0.25, 0.3) is 0 Å². The Morgan fingerprint density at radius 2 is 1.76 bits per heavy atom. The Morgan fingerprint density at radius 1 is 1.00 bits per heavy atom. The second-order valence-electron chi connectivity index (χ2n) is 6.79. The molecule has 2 aromatic heterocycles. The van der Waals surface area contributed by atoms with Crippen molar-refractivity contribution >= 4 is 22.6 Å². The van der Waals surface area contributed by atoms with E-state index in [2.05, 4.69) is 9.97 Å². The molecule has 9 heteroatoms. The molecule has 3 heterocycles. The first-order valence-electron chi connectivity index (χ1n) is 9.17. The van der Waals surface area contributed by atoms with Crippen LogP contribution in [0.4, 0.5) is 19.0 Å². The summed E-state index contributed by atoms with van der Waals surface area (Å²) >= 11 is 0. The molecule has 0 bridgehead atoms. The molecule has 150 valence electrons. The van der Waals surface area contributed by atoms with Crippen LogP contribution in [0.5, 0.6) is 0 Å². The average molecular weight is 401 g/mol. The number of nitrogens with zero attached hydrogens (tertiary/aromatic N) is 5. The summed E-state index contributed by atoms with van der Waals surface area (Å²) in [5, 5.41) is 0.857. The number of fused-ring (bicyclic) bond motifs is 1. The molecule has 3 aromatic rings. The van der Waals surface area contributed by atoms with Gasteiger partial charge in [-0.3, -0.25) is 9.78 Å². The van der Waals surface area contributed by atoms with Crippen LogP contribution in [0, 0.1) is 0 Å². The molecule has 0 unspecified atom stereocenters. The molecular weight excluding hydrogens is 383 g/mol. The summed E-state index contributed by atoms with van der Waals surface area (Å²) in [6.45, 7) is 1.24. The maximum Gasteiger partial charge on any atom is 0.397 e. The molecule has 0 saturated carbocycles. The molecule has 1 amide bonds. The van der Waals surface area contributed by atoms with Crippen LogP contribution in [0.1, 0.15) is 6.42 Å². The Labute approximate surface area is 165 Å². The van der Waals surface area contributed by atoms with Crippen molar-refractivity contribution in [3.05, 3.63) is 48.8 Å². The van der Waals surface area contributed by atoms with Crippen LogP contribution in [0.3, 0.4) is 0 Å². The number of para-hydroxylation sites is 1. The second kappa shape index (κ2) is 7.65. The summed E-state index contributed by atoms with van der Waals surface area (Å²) in [6, 6.07) is 11.3. The molecule has 0 N–H and O–H groups in total. The van der Waals surface area contributed by atoms with E-state index >= 15 is 0 Å². The van der Waals surface area contributed by atoms with Crippen molar-refractivity contribution in [3.8, 4) is 11.4 Å². The lowest BCUT2D eigenvalue weighted by Crippen LogP contribution is -2.49. The zero-order chi connectivity index (χ0) is 20.4. The van der Waals surface area contributed by atoms with Gasteiger partial charge in [0.2, 0.25) is 5.91 Å². The van der Waals surface area contributed by atoms with Crippen molar-refractivity contribution < 1.29 is 18.0 Å². The molecule has 1 aliphatic rings. The van der Waals surface area contributed by atoms with Crippen LogP contribution in [-0.2, 0) is 4.79 Å². The average Bonchev–Trinajstić information content (AvgIpc) is 2.72. The lowest BCUT2D eigenvalue weighted by atomic mass is 10.2. The number of alkyl halides is 3. The maximum absolute atomic E-state index is 12.5. The highest BCUT2D eigenvalue weighted by Gasteiger charge is 2.34. The first kappa shape index (κ1) is 19.1. The van der Waals surface area contributed by atoms with Gasteiger partial charge in [-0.1, -0.05) is 12.1 Å². The zero-order valence-corrected chi connectivity index (χ0v) is 15.4. The third kappa shape index (κ3) is 4.28. The lowest BCUT2D eigenvalue weighted by Gasteiger charge is -2.36. The van der Waals surface area contributed by atoms with Crippen molar-refractivity contribution in [2.75, 3.05) is 31.1 Å². The number of aromatic nitrogens is 3. The zero-order valence-electron chi connectivity index (χ0n) is 15.4. The molecule has 1 saturated heterocycles. The number of halogens is 3. The first-order chi connectivity index (χ1) is 13.9. The molecule has 4 rings (SSSR count). The van der Waals surface area contributed by atoms with E-state index in [4.69, 9.17) is 4.98 Å². The molecule has 6 nitrogen and oxygen atoms in total. The van der Waals surface area contributed by atoms with Gasteiger partial charge in [-0.2, -0.15) is 13.2 Å². The lowest BCUT2D eigenvalue weighted by molar-refractivity contribution is -0.161.